The summed E-state index contributed by atoms with van der Waals surface area (Å²) in [5.41, 5.74) is 4.99. The molecule has 0 aliphatic carbocycles. The molecule has 6 rings (SSSR count). The van der Waals surface area contributed by atoms with E-state index in [9.17, 15) is 10.1 Å². The van der Waals surface area contributed by atoms with Gasteiger partial charge in [-0.15, -0.1) is 11.3 Å². The molecule has 2 heterocycles. The molecule has 1 aromatic heterocycles. The number of nitro benzene ring substituents is 1. The summed E-state index contributed by atoms with van der Waals surface area (Å²) in [6.07, 6.45) is 1.70. The second-order valence-electron chi connectivity index (χ2n) is 8.37. The molecule has 0 fully saturated rings. The number of hydrogen-bond donors (Lipinski definition) is 0. The summed E-state index contributed by atoms with van der Waals surface area (Å²) < 4.78 is 12.6. The molecule has 0 unspecified atom stereocenters. The highest BCUT2D eigenvalue weighted by Crippen LogP contribution is 2.32. The Hall–Kier alpha value is -5.02. The van der Waals surface area contributed by atoms with E-state index in [0.717, 1.165) is 27.9 Å². The van der Waals surface area contributed by atoms with Crippen LogP contribution in [0.3, 0.4) is 0 Å². The van der Waals surface area contributed by atoms with Gasteiger partial charge in [-0.2, -0.15) is 5.10 Å². The highest BCUT2D eigenvalue weighted by Gasteiger charge is 2.15. The van der Waals surface area contributed by atoms with Crippen LogP contribution >= 0.6 is 11.3 Å². The topological polar surface area (TPSA) is 91.2 Å². The molecular formula is C29H20N4O4S. The summed E-state index contributed by atoms with van der Waals surface area (Å²) in [4.78, 5) is 16.3. The van der Waals surface area contributed by atoms with Gasteiger partial charge in [0.1, 0.15) is 5.69 Å². The second kappa shape index (κ2) is 10.2. The van der Waals surface area contributed by atoms with Crippen LogP contribution in [0.25, 0.3) is 22.4 Å². The summed E-state index contributed by atoms with van der Waals surface area (Å²) in [5.74, 6) is 1.35. The number of nitrogens with zero attached hydrogens (tertiary/aromatic N) is 4. The van der Waals surface area contributed by atoms with Gasteiger partial charge < -0.3 is 9.47 Å². The summed E-state index contributed by atoms with van der Waals surface area (Å²) in [7, 11) is 0. The molecule has 0 saturated heterocycles. The molecule has 9 heteroatoms. The number of ether oxygens (including phenoxy) is 2. The van der Waals surface area contributed by atoms with Crippen molar-refractivity contribution in [2.24, 2.45) is 10.1 Å². The van der Waals surface area contributed by atoms with Crippen LogP contribution in [0.15, 0.2) is 113 Å². The molecule has 0 radical (unpaired) electrons. The molecule has 1 aliphatic heterocycles. The predicted molar refractivity (Wildman–Crippen MR) is 147 cm³/mol. The van der Waals surface area contributed by atoms with E-state index in [2.05, 4.69) is 29.3 Å². The first-order chi connectivity index (χ1) is 18.7. The maximum absolute atomic E-state index is 11.6. The first kappa shape index (κ1) is 23.4. The first-order valence-corrected chi connectivity index (χ1v) is 12.6. The Morgan fingerprint density at radius 2 is 1.55 bits per heavy atom. The lowest BCUT2D eigenvalue weighted by molar-refractivity contribution is -0.384. The van der Waals surface area contributed by atoms with Crippen molar-refractivity contribution in [3.05, 3.63) is 123 Å². The number of rotatable bonds is 6. The van der Waals surface area contributed by atoms with Crippen LogP contribution in [0.4, 0.5) is 11.4 Å². The maximum atomic E-state index is 11.6. The zero-order valence-corrected chi connectivity index (χ0v) is 20.7. The third kappa shape index (κ3) is 4.70. The second-order valence-corrected chi connectivity index (χ2v) is 9.21. The number of aromatic nitrogens is 1. The molecule has 186 valence electrons. The third-order valence-electron chi connectivity index (χ3n) is 5.99. The fourth-order valence-corrected chi connectivity index (χ4v) is 4.93. The van der Waals surface area contributed by atoms with Crippen molar-refractivity contribution >= 4 is 28.9 Å². The van der Waals surface area contributed by atoms with Crippen molar-refractivity contribution in [1.82, 2.24) is 4.68 Å². The number of benzene rings is 4. The van der Waals surface area contributed by atoms with Gasteiger partial charge in [0.2, 0.25) is 11.6 Å². The van der Waals surface area contributed by atoms with E-state index in [1.807, 2.05) is 53.9 Å². The van der Waals surface area contributed by atoms with E-state index in [4.69, 9.17) is 14.6 Å². The minimum atomic E-state index is -0.435. The molecule has 0 spiro atoms. The fourth-order valence-electron chi connectivity index (χ4n) is 4.09. The van der Waals surface area contributed by atoms with Crippen molar-refractivity contribution in [3.8, 4) is 33.9 Å². The van der Waals surface area contributed by atoms with Crippen LogP contribution < -0.4 is 14.3 Å². The summed E-state index contributed by atoms with van der Waals surface area (Å²) in [6, 6.07) is 30.3. The molecule has 0 atom stereocenters. The number of fused-ring (bicyclic) bond motifs is 1. The van der Waals surface area contributed by atoms with E-state index >= 15 is 0 Å². The Labute approximate surface area is 221 Å². The SMILES string of the molecule is O=[N+]([O-])c1ccccc1N=c1scc(-c2ccc(-c3ccccc3)cc2)n1N=Cc1ccc2c(c1)OCO2. The number of para-hydroxylation sites is 2. The lowest BCUT2D eigenvalue weighted by Gasteiger charge is -2.06. The molecule has 0 N–H and O–H groups in total. The van der Waals surface area contributed by atoms with Gasteiger partial charge in [0.05, 0.1) is 16.8 Å². The monoisotopic (exact) mass is 520 g/mol. The molecule has 0 amide bonds. The van der Waals surface area contributed by atoms with Gasteiger partial charge in [0.25, 0.3) is 5.69 Å². The van der Waals surface area contributed by atoms with Gasteiger partial charge in [0.15, 0.2) is 11.5 Å². The van der Waals surface area contributed by atoms with Gasteiger partial charge in [0, 0.05) is 17.0 Å². The summed E-state index contributed by atoms with van der Waals surface area (Å²) in [5, 5.41) is 18.2. The standard InChI is InChI=1S/C29H20N4O4S/c34-33(35)25-9-5-4-8-24(25)31-29-32(30-17-20-10-15-27-28(16-20)37-19-36-27)26(18-38-29)23-13-11-22(12-14-23)21-6-2-1-3-7-21/h1-18H,19H2. The molecule has 8 nitrogen and oxygen atoms in total. The van der Waals surface area contributed by atoms with E-state index in [-0.39, 0.29) is 18.2 Å². The van der Waals surface area contributed by atoms with E-state index < -0.39 is 4.92 Å². The maximum Gasteiger partial charge on any atom is 0.294 e. The zero-order chi connectivity index (χ0) is 25.9. The van der Waals surface area contributed by atoms with Crippen LogP contribution in [0.1, 0.15) is 5.56 Å². The van der Waals surface area contributed by atoms with Crippen LogP contribution in [0.2, 0.25) is 0 Å². The predicted octanol–water partition coefficient (Wildman–Crippen LogP) is 6.64. The van der Waals surface area contributed by atoms with Crippen LogP contribution in [-0.2, 0) is 0 Å². The van der Waals surface area contributed by atoms with Crippen LogP contribution in [0.5, 0.6) is 11.5 Å². The van der Waals surface area contributed by atoms with Gasteiger partial charge in [-0.25, -0.2) is 9.67 Å². The van der Waals surface area contributed by atoms with Gasteiger partial charge >= 0.3 is 0 Å². The molecule has 1 aliphatic rings. The van der Waals surface area contributed by atoms with E-state index in [1.54, 1.807) is 29.1 Å². The van der Waals surface area contributed by atoms with Crippen molar-refractivity contribution in [2.75, 3.05) is 6.79 Å². The van der Waals surface area contributed by atoms with Crippen LogP contribution in [-0.4, -0.2) is 22.6 Å². The Morgan fingerprint density at radius 1 is 0.842 bits per heavy atom. The van der Waals surface area contributed by atoms with Crippen molar-refractivity contribution in [1.29, 1.82) is 0 Å². The molecule has 4 aromatic carbocycles. The van der Waals surface area contributed by atoms with E-state index in [1.165, 1.54) is 17.4 Å². The highest BCUT2D eigenvalue weighted by molar-refractivity contribution is 7.07. The van der Waals surface area contributed by atoms with Gasteiger partial charge in [-0.05, 0) is 41.0 Å². The molecule has 38 heavy (non-hydrogen) atoms. The number of hydrogen-bond acceptors (Lipinski definition) is 7. The lowest BCUT2D eigenvalue weighted by atomic mass is 10.0. The van der Waals surface area contributed by atoms with Crippen LogP contribution in [0, 0.1) is 10.1 Å². The van der Waals surface area contributed by atoms with Gasteiger partial charge in [-0.3, -0.25) is 10.1 Å². The average molecular weight is 521 g/mol. The quantitative estimate of drug-likeness (QED) is 0.143. The highest BCUT2D eigenvalue weighted by atomic mass is 32.1. The van der Waals surface area contributed by atoms with E-state index in [0.29, 0.717) is 16.3 Å². The Bertz CT molecular complexity index is 1720. The number of thiazole rings is 1. The summed E-state index contributed by atoms with van der Waals surface area (Å²) in [6.45, 7) is 0.192. The Kier molecular flexibility index (Phi) is 6.25. The smallest absolute Gasteiger partial charge is 0.294 e. The molecule has 5 aromatic rings. The molecule has 0 saturated carbocycles. The lowest BCUT2D eigenvalue weighted by Crippen LogP contribution is -2.11. The Balaban J connectivity index is 1.44. The average Bonchev–Trinajstić information content (AvgIpc) is 3.59. The van der Waals surface area contributed by atoms with Crippen molar-refractivity contribution in [3.63, 3.8) is 0 Å². The van der Waals surface area contributed by atoms with Crippen molar-refractivity contribution < 1.29 is 14.4 Å². The molecule has 0 bridgehead atoms. The first-order valence-electron chi connectivity index (χ1n) is 11.7. The largest absolute Gasteiger partial charge is 0.454 e. The third-order valence-corrected chi connectivity index (χ3v) is 6.80. The zero-order valence-electron chi connectivity index (χ0n) is 19.9. The minimum Gasteiger partial charge on any atom is -0.454 e. The normalized spacial score (nSPS) is 12.8. The van der Waals surface area contributed by atoms with Crippen molar-refractivity contribution in [2.45, 2.75) is 0 Å². The fraction of sp³-hybridized carbons (Fsp3) is 0.0345. The number of nitro groups is 1. The Morgan fingerprint density at radius 3 is 2.37 bits per heavy atom. The minimum absolute atomic E-state index is 0.0686. The summed E-state index contributed by atoms with van der Waals surface area (Å²) >= 11 is 1.36. The van der Waals surface area contributed by atoms with Gasteiger partial charge in [-0.1, -0.05) is 66.7 Å². The molecular weight excluding hydrogens is 500 g/mol.